The number of nitrogens with zero attached hydrogens (tertiary/aromatic N) is 3. The average Bonchev–Trinajstić information content (AvgIpc) is 3.59. The highest BCUT2D eigenvalue weighted by Crippen LogP contribution is 2.40. The van der Waals surface area contributed by atoms with E-state index < -0.39 is 0 Å². The SMILES string of the molecule is c1ccc(-c2ccc3ccccc3c2-c2nc(-c3ccc(-c4ccc5ccccc5c4)cc3)nc(-c3cccc4c3oc3ccccc34)n2)cc1. The standard InChI is InChI=1S/C47H29N3O/c1-2-12-32(13-3-1)38-28-27-33-14-6-7-16-37(33)43(38)47-49-45(34-24-21-31(22-25-34)36-26-23-30-11-4-5-15-35(30)29-36)48-46(50-47)41-19-10-18-40-39-17-8-9-20-42(39)51-44(40)41/h1-29H. The maximum Gasteiger partial charge on any atom is 0.167 e. The summed E-state index contributed by atoms with van der Waals surface area (Å²) in [5, 5.41) is 6.74. The average molecular weight is 652 g/mol. The molecule has 0 unspecified atom stereocenters. The largest absolute Gasteiger partial charge is 0.455 e. The first-order valence-corrected chi connectivity index (χ1v) is 17.1. The minimum absolute atomic E-state index is 0.560. The predicted molar refractivity (Wildman–Crippen MR) is 209 cm³/mol. The summed E-state index contributed by atoms with van der Waals surface area (Å²) in [6.45, 7) is 0. The van der Waals surface area contributed by atoms with Crippen LogP contribution in [0.3, 0.4) is 0 Å². The maximum absolute atomic E-state index is 6.49. The number of para-hydroxylation sites is 2. The molecule has 0 aliphatic heterocycles. The molecule has 8 aromatic carbocycles. The Balaban J connectivity index is 1.20. The van der Waals surface area contributed by atoms with Gasteiger partial charge in [-0.15, -0.1) is 0 Å². The minimum atomic E-state index is 0.560. The lowest BCUT2D eigenvalue weighted by atomic mass is 9.93. The second-order valence-corrected chi connectivity index (χ2v) is 12.8. The van der Waals surface area contributed by atoms with E-state index in [2.05, 4.69) is 146 Å². The Kier molecular flexibility index (Phi) is 6.78. The number of hydrogen-bond acceptors (Lipinski definition) is 4. The Morgan fingerprint density at radius 2 is 0.961 bits per heavy atom. The molecule has 0 aliphatic carbocycles. The first-order chi connectivity index (χ1) is 25.3. The van der Waals surface area contributed by atoms with Crippen LogP contribution in [0, 0.1) is 0 Å². The molecule has 0 N–H and O–H groups in total. The van der Waals surface area contributed by atoms with Crippen LogP contribution < -0.4 is 0 Å². The fourth-order valence-electron chi connectivity index (χ4n) is 7.21. The van der Waals surface area contributed by atoms with E-state index in [4.69, 9.17) is 19.4 Å². The van der Waals surface area contributed by atoms with Crippen LogP contribution in [0.1, 0.15) is 0 Å². The van der Waals surface area contributed by atoms with Gasteiger partial charge in [0, 0.05) is 21.9 Å². The highest BCUT2D eigenvalue weighted by atomic mass is 16.3. The fraction of sp³-hybridized carbons (Fsp3) is 0. The van der Waals surface area contributed by atoms with Crippen molar-refractivity contribution in [3.05, 3.63) is 176 Å². The zero-order valence-electron chi connectivity index (χ0n) is 27.5. The van der Waals surface area contributed by atoms with Gasteiger partial charge in [0.05, 0.1) is 5.56 Å². The number of aromatic nitrogens is 3. The molecule has 238 valence electrons. The summed E-state index contributed by atoms with van der Waals surface area (Å²) in [6.07, 6.45) is 0. The topological polar surface area (TPSA) is 51.8 Å². The second-order valence-electron chi connectivity index (χ2n) is 12.8. The summed E-state index contributed by atoms with van der Waals surface area (Å²) in [5.74, 6) is 1.77. The third kappa shape index (κ3) is 5.04. The summed E-state index contributed by atoms with van der Waals surface area (Å²) in [7, 11) is 0. The van der Waals surface area contributed by atoms with Gasteiger partial charge in [-0.3, -0.25) is 0 Å². The molecule has 4 heteroatoms. The van der Waals surface area contributed by atoms with Gasteiger partial charge in [0.2, 0.25) is 0 Å². The molecule has 10 aromatic rings. The van der Waals surface area contributed by atoms with Crippen LogP contribution in [0.25, 0.3) is 99.9 Å². The van der Waals surface area contributed by atoms with Crippen molar-refractivity contribution >= 4 is 43.5 Å². The van der Waals surface area contributed by atoms with Gasteiger partial charge in [-0.2, -0.15) is 0 Å². The molecule has 0 aliphatic rings. The van der Waals surface area contributed by atoms with Crippen LogP contribution in [0.15, 0.2) is 180 Å². The van der Waals surface area contributed by atoms with Crippen LogP contribution in [-0.2, 0) is 0 Å². The zero-order chi connectivity index (χ0) is 33.7. The molecular weight excluding hydrogens is 623 g/mol. The Morgan fingerprint density at radius 3 is 1.82 bits per heavy atom. The summed E-state index contributed by atoms with van der Waals surface area (Å²) in [6, 6.07) is 61.1. The molecule has 0 amide bonds. The Morgan fingerprint density at radius 1 is 0.333 bits per heavy atom. The molecule has 0 atom stereocenters. The van der Waals surface area contributed by atoms with Crippen molar-refractivity contribution in [2.75, 3.05) is 0 Å². The number of hydrogen-bond donors (Lipinski definition) is 0. The van der Waals surface area contributed by atoms with E-state index in [-0.39, 0.29) is 0 Å². The van der Waals surface area contributed by atoms with E-state index in [1.54, 1.807) is 0 Å². The molecule has 2 aromatic heterocycles. The third-order valence-electron chi connectivity index (χ3n) is 9.74. The van der Waals surface area contributed by atoms with Gasteiger partial charge >= 0.3 is 0 Å². The molecule has 0 radical (unpaired) electrons. The zero-order valence-corrected chi connectivity index (χ0v) is 27.5. The van der Waals surface area contributed by atoms with Crippen molar-refractivity contribution in [2.45, 2.75) is 0 Å². The van der Waals surface area contributed by atoms with E-state index >= 15 is 0 Å². The van der Waals surface area contributed by atoms with Crippen molar-refractivity contribution in [2.24, 2.45) is 0 Å². The first-order valence-electron chi connectivity index (χ1n) is 17.1. The highest BCUT2D eigenvalue weighted by Gasteiger charge is 2.21. The molecule has 51 heavy (non-hydrogen) atoms. The lowest BCUT2D eigenvalue weighted by Gasteiger charge is -2.15. The molecule has 10 rings (SSSR count). The van der Waals surface area contributed by atoms with Crippen LogP contribution in [0.4, 0.5) is 0 Å². The number of rotatable bonds is 5. The highest BCUT2D eigenvalue weighted by molar-refractivity contribution is 6.09. The first kappa shape index (κ1) is 29.0. The van der Waals surface area contributed by atoms with Gasteiger partial charge < -0.3 is 4.42 Å². The molecule has 2 heterocycles. The molecule has 0 fully saturated rings. The Hall–Kier alpha value is -6.91. The fourth-order valence-corrected chi connectivity index (χ4v) is 7.21. The van der Waals surface area contributed by atoms with E-state index in [1.165, 1.54) is 10.8 Å². The predicted octanol–water partition coefficient (Wildman–Crippen LogP) is 12.4. The van der Waals surface area contributed by atoms with Crippen LogP contribution >= 0.6 is 0 Å². The van der Waals surface area contributed by atoms with Gasteiger partial charge in [0.25, 0.3) is 0 Å². The van der Waals surface area contributed by atoms with Gasteiger partial charge in [-0.05, 0) is 62.0 Å². The van der Waals surface area contributed by atoms with E-state index in [0.717, 1.165) is 71.7 Å². The van der Waals surface area contributed by atoms with E-state index in [1.807, 2.05) is 30.3 Å². The van der Waals surface area contributed by atoms with Gasteiger partial charge in [0.15, 0.2) is 17.5 Å². The smallest absolute Gasteiger partial charge is 0.167 e. The normalized spacial score (nSPS) is 11.5. The van der Waals surface area contributed by atoms with Crippen molar-refractivity contribution in [3.63, 3.8) is 0 Å². The van der Waals surface area contributed by atoms with Crippen LogP contribution in [-0.4, -0.2) is 15.0 Å². The lowest BCUT2D eigenvalue weighted by molar-refractivity contribution is 0.669. The van der Waals surface area contributed by atoms with Gasteiger partial charge in [-0.1, -0.05) is 158 Å². The monoisotopic (exact) mass is 651 g/mol. The Labute approximate surface area is 294 Å². The number of fused-ring (bicyclic) bond motifs is 5. The van der Waals surface area contributed by atoms with Crippen LogP contribution in [0.2, 0.25) is 0 Å². The van der Waals surface area contributed by atoms with Crippen LogP contribution in [0.5, 0.6) is 0 Å². The summed E-state index contributed by atoms with van der Waals surface area (Å²) in [4.78, 5) is 15.7. The third-order valence-corrected chi connectivity index (χ3v) is 9.74. The maximum atomic E-state index is 6.49. The van der Waals surface area contributed by atoms with Crippen molar-refractivity contribution < 1.29 is 4.42 Å². The minimum Gasteiger partial charge on any atom is -0.455 e. The van der Waals surface area contributed by atoms with Crippen molar-refractivity contribution in [1.29, 1.82) is 0 Å². The molecule has 4 nitrogen and oxygen atoms in total. The van der Waals surface area contributed by atoms with Crippen molar-refractivity contribution in [3.8, 4) is 56.4 Å². The molecular formula is C47H29N3O. The Bertz CT molecular complexity index is 2910. The molecule has 0 bridgehead atoms. The van der Waals surface area contributed by atoms with E-state index in [0.29, 0.717) is 17.5 Å². The number of furan rings is 1. The number of benzene rings is 8. The van der Waals surface area contributed by atoms with Gasteiger partial charge in [0.1, 0.15) is 11.2 Å². The second kappa shape index (κ2) is 11.9. The summed E-state index contributed by atoms with van der Waals surface area (Å²) >= 11 is 0. The molecule has 0 saturated carbocycles. The molecule has 0 saturated heterocycles. The summed E-state index contributed by atoms with van der Waals surface area (Å²) < 4.78 is 6.49. The van der Waals surface area contributed by atoms with Gasteiger partial charge in [-0.25, -0.2) is 15.0 Å². The summed E-state index contributed by atoms with van der Waals surface area (Å²) in [5.41, 5.74) is 8.74. The lowest BCUT2D eigenvalue weighted by Crippen LogP contribution is -2.02. The van der Waals surface area contributed by atoms with Crippen molar-refractivity contribution in [1.82, 2.24) is 15.0 Å². The quantitative estimate of drug-likeness (QED) is 0.186. The van der Waals surface area contributed by atoms with E-state index in [9.17, 15) is 0 Å². The molecule has 0 spiro atoms.